The van der Waals surface area contributed by atoms with Crippen molar-refractivity contribution in [2.45, 2.75) is 32.1 Å². The third-order valence-electron chi connectivity index (χ3n) is 5.92. The standard InChI is InChI=1S/C24H25F3N4O2S/c1-3-4-10-31-20(14-17-9-13-34-22(17)31)21(32)29-11-12-30(16(2)15-29)23(33)28-19-7-5-18(6-8-19)24(25,26)27/h3,5-9,13-14,16H,1,4,10-12,15H2,2H3,(H,28,33). The molecule has 1 fully saturated rings. The van der Waals surface area contributed by atoms with Crippen molar-refractivity contribution in [3.63, 3.8) is 0 Å². The number of anilines is 1. The van der Waals surface area contributed by atoms with Crippen molar-refractivity contribution in [1.82, 2.24) is 14.4 Å². The Morgan fingerprint density at radius 1 is 1.21 bits per heavy atom. The second kappa shape index (κ2) is 9.54. The van der Waals surface area contributed by atoms with E-state index in [0.717, 1.165) is 28.8 Å². The Bertz CT molecular complexity index is 1200. The molecule has 34 heavy (non-hydrogen) atoms. The summed E-state index contributed by atoms with van der Waals surface area (Å²) in [6.45, 7) is 7.33. The van der Waals surface area contributed by atoms with Gasteiger partial charge in [0.15, 0.2) is 0 Å². The Morgan fingerprint density at radius 2 is 1.94 bits per heavy atom. The van der Waals surface area contributed by atoms with Crippen molar-refractivity contribution >= 4 is 39.2 Å². The fourth-order valence-corrected chi connectivity index (χ4v) is 5.06. The van der Waals surface area contributed by atoms with Crippen LogP contribution >= 0.6 is 11.3 Å². The summed E-state index contributed by atoms with van der Waals surface area (Å²) in [5, 5.41) is 5.67. The van der Waals surface area contributed by atoms with E-state index in [-0.39, 0.29) is 17.6 Å². The summed E-state index contributed by atoms with van der Waals surface area (Å²) in [7, 11) is 0. The molecule has 3 aromatic rings. The van der Waals surface area contributed by atoms with Crippen LogP contribution in [0.15, 0.2) is 54.4 Å². The Labute approximate surface area is 199 Å². The van der Waals surface area contributed by atoms with Crippen LogP contribution in [0.5, 0.6) is 0 Å². The summed E-state index contributed by atoms with van der Waals surface area (Å²) in [4.78, 5) is 30.5. The monoisotopic (exact) mass is 490 g/mol. The molecule has 1 N–H and O–H groups in total. The largest absolute Gasteiger partial charge is 0.416 e. The third-order valence-corrected chi connectivity index (χ3v) is 6.87. The van der Waals surface area contributed by atoms with Gasteiger partial charge in [0, 0.05) is 43.3 Å². The molecule has 1 saturated heterocycles. The summed E-state index contributed by atoms with van der Waals surface area (Å²) in [5.41, 5.74) is 0.131. The topological polar surface area (TPSA) is 57.6 Å². The van der Waals surface area contributed by atoms with E-state index in [0.29, 0.717) is 31.9 Å². The van der Waals surface area contributed by atoms with E-state index in [1.165, 1.54) is 12.1 Å². The molecule has 0 bridgehead atoms. The number of aryl methyl sites for hydroxylation is 1. The van der Waals surface area contributed by atoms with Crippen LogP contribution in [0.2, 0.25) is 0 Å². The van der Waals surface area contributed by atoms with E-state index in [4.69, 9.17) is 0 Å². The second-order valence-electron chi connectivity index (χ2n) is 8.24. The Balaban J connectivity index is 1.42. The minimum atomic E-state index is -4.43. The summed E-state index contributed by atoms with van der Waals surface area (Å²) in [6, 6.07) is 7.56. The number of nitrogens with one attached hydrogen (secondary N) is 1. The average molecular weight is 491 g/mol. The van der Waals surface area contributed by atoms with Gasteiger partial charge in [0.1, 0.15) is 10.5 Å². The molecule has 10 heteroatoms. The van der Waals surface area contributed by atoms with Crippen LogP contribution in [0.3, 0.4) is 0 Å². The molecule has 4 rings (SSSR count). The van der Waals surface area contributed by atoms with Gasteiger partial charge in [-0.15, -0.1) is 17.9 Å². The van der Waals surface area contributed by atoms with Gasteiger partial charge in [0.2, 0.25) is 0 Å². The first-order valence-corrected chi connectivity index (χ1v) is 11.8. The number of halogens is 3. The van der Waals surface area contributed by atoms with Gasteiger partial charge < -0.3 is 19.7 Å². The van der Waals surface area contributed by atoms with Crippen molar-refractivity contribution in [3.8, 4) is 0 Å². The number of amides is 3. The molecule has 1 atom stereocenters. The summed E-state index contributed by atoms with van der Waals surface area (Å²) in [6.07, 6.45) is -1.86. The van der Waals surface area contributed by atoms with Crippen LogP contribution in [0.1, 0.15) is 29.4 Å². The van der Waals surface area contributed by atoms with Gasteiger partial charge in [-0.25, -0.2) is 4.79 Å². The SMILES string of the molecule is C=CCCn1c(C(=O)N2CCN(C(=O)Nc3ccc(C(F)(F)F)cc3)C(C)C2)cc2ccsc21. The average Bonchev–Trinajstić information content (AvgIpc) is 3.38. The minimum Gasteiger partial charge on any atom is -0.334 e. The lowest BCUT2D eigenvalue weighted by molar-refractivity contribution is -0.137. The van der Waals surface area contributed by atoms with Gasteiger partial charge in [0.25, 0.3) is 5.91 Å². The summed E-state index contributed by atoms with van der Waals surface area (Å²) >= 11 is 1.59. The maximum atomic E-state index is 13.4. The molecule has 0 aliphatic carbocycles. The van der Waals surface area contributed by atoms with Crippen LogP contribution < -0.4 is 5.32 Å². The van der Waals surface area contributed by atoms with Gasteiger partial charge in [-0.3, -0.25) is 4.79 Å². The maximum Gasteiger partial charge on any atom is 0.416 e. The number of allylic oxidation sites excluding steroid dienone is 1. The van der Waals surface area contributed by atoms with Gasteiger partial charge in [-0.1, -0.05) is 6.08 Å². The molecule has 3 heterocycles. The van der Waals surface area contributed by atoms with E-state index >= 15 is 0 Å². The third kappa shape index (κ3) is 4.82. The van der Waals surface area contributed by atoms with Gasteiger partial charge in [-0.05, 0) is 55.1 Å². The van der Waals surface area contributed by atoms with Crippen molar-refractivity contribution in [3.05, 3.63) is 65.7 Å². The fourth-order valence-electron chi connectivity index (χ4n) is 4.14. The number of hydrogen-bond acceptors (Lipinski definition) is 3. The first-order valence-electron chi connectivity index (χ1n) is 10.9. The highest BCUT2D eigenvalue weighted by Crippen LogP contribution is 2.30. The molecule has 0 radical (unpaired) electrons. The van der Waals surface area contributed by atoms with E-state index in [2.05, 4.69) is 11.9 Å². The smallest absolute Gasteiger partial charge is 0.334 e. The van der Waals surface area contributed by atoms with Crippen molar-refractivity contribution < 1.29 is 22.8 Å². The first kappa shape index (κ1) is 23.9. The Kier molecular flexibility index (Phi) is 6.70. The van der Waals surface area contributed by atoms with Crippen LogP contribution in [0.4, 0.5) is 23.7 Å². The number of urea groups is 1. The highest BCUT2D eigenvalue weighted by Gasteiger charge is 2.32. The fraction of sp³-hybridized carbons (Fsp3) is 0.333. The van der Waals surface area contributed by atoms with Gasteiger partial charge in [0.05, 0.1) is 5.56 Å². The first-order chi connectivity index (χ1) is 16.2. The second-order valence-corrected chi connectivity index (χ2v) is 9.13. The highest BCUT2D eigenvalue weighted by atomic mass is 32.1. The van der Waals surface area contributed by atoms with Crippen LogP contribution in [0.25, 0.3) is 10.2 Å². The van der Waals surface area contributed by atoms with E-state index in [1.807, 2.05) is 35.1 Å². The normalized spacial score (nSPS) is 16.6. The molecule has 180 valence electrons. The number of fused-ring (bicyclic) bond motifs is 1. The number of carbonyl (C=O) groups is 2. The minimum absolute atomic E-state index is 0.0814. The number of carbonyl (C=O) groups excluding carboxylic acids is 2. The lowest BCUT2D eigenvalue weighted by atomic mass is 10.1. The zero-order chi connectivity index (χ0) is 24.5. The zero-order valence-corrected chi connectivity index (χ0v) is 19.5. The molecule has 0 saturated carbocycles. The molecular weight excluding hydrogens is 465 g/mol. The Hall–Kier alpha value is -3.27. The molecule has 1 unspecified atom stereocenters. The molecule has 0 spiro atoms. The van der Waals surface area contributed by atoms with Crippen molar-refractivity contribution in [2.75, 3.05) is 25.0 Å². The molecule has 2 aromatic heterocycles. The quantitative estimate of drug-likeness (QED) is 0.468. The molecule has 1 aromatic carbocycles. The number of rotatable bonds is 5. The highest BCUT2D eigenvalue weighted by molar-refractivity contribution is 7.16. The van der Waals surface area contributed by atoms with Crippen LogP contribution in [0, 0.1) is 0 Å². The zero-order valence-electron chi connectivity index (χ0n) is 18.6. The Morgan fingerprint density at radius 3 is 2.59 bits per heavy atom. The molecule has 1 aliphatic rings. The van der Waals surface area contributed by atoms with Crippen molar-refractivity contribution in [2.24, 2.45) is 0 Å². The van der Waals surface area contributed by atoms with E-state index in [9.17, 15) is 22.8 Å². The predicted molar refractivity (Wildman–Crippen MR) is 127 cm³/mol. The number of hydrogen-bond donors (Lipinski definition) is 1. The lowest BCUT2D eigenvalue weighted by Gasteiger charge is -2.39. The van der Waals surface area contributed by atoms with Gasteiger partial charge >= 0.3 is 12.2 Å². The number of benzene rings is 1. The predicted octanol–water partition coefficient (Wildman–Crippen LogP) is 5.68. The van der Waals surface area contributed by atoms with E-state index in [1.54, 1.807) is 21.1 Å². The van der Waals surface area contributed by atoms with Crippen molar-refractivity contribution in [1.29, 1.82) is 0 Å². The lowest BCUT2D eigenvalue weighted by Crippen LogP contribution is -2.56. The van der Waals surface area contributed by atoms with Gasteiger partial charge in [-0.2, -0.15) is 13.2 Å². The van der Waals surface area contributed by atoms with Crippen LogP contribution in [-0.4, -0.2) is 52.0 Å². The number of nitrogens with zero attached hydrogens (tertiary/aromatic N) is 3. The number of thiophene rings is 1. The summed E-state index contributed by atoms with van der Waals surface area (Å²) in [5.74, 6) is -0.0814. The number of alkyl halides is 3. The molecule has 1 aliphatic heterocycles. The molecule has 6 nitrogen and oxygen atoms in total. The molecule has 3 amide bonds. The van der Waals surface area contributed by atoms with E-state index < -0.39 is 17.8 Å². The number of piperazine rings is 1. The molecular formula is C24H25F3N4O2S. The van der Waals surface area contributed by atoms with Crippen LogP contribution in [-0.2, 0) is 12.7 Å². The number of aromatic nitrogens is 1. The maximum absolute atomic E-state index is 13.4. The summed E-state index contributed by atoms with van der Waals surface area (Å²) < 4.78 is 40.3.